The third-order valence-corrected chi connectivity index (χ3v) is 6.42. The zero-order valence-corrected chi connectivity index (χ0v) is 16.5. The van der Waals surface area contributed by atoms with Crippen LogP contribution in [0.5, 0.6) is 0 Å². The molecule has 26 heavy (non-hydrogen) atoms. The predicted molar refractivity (Wildman–Crippen MR) is 98.8 cm³/mol. The SMILES string of the molecule is CCCCN1CCn2nc(CNC(=O)[C@@H]3CCCN3S(C)(=O)=O)cc2C1. The van der Waals surface area contributed by atoms with E-state index in [-0.39, 0.29) is 5.91 Å². The van der Waals surface area contributed by atoms with Gasteiger partial charge in [0.1, 0.15) is 6.04 Å². The Kier molecular flexibility index (Phi) is 5.99. The second-order valence-corrected chi connectivity index (χ2v) is 9.16. The van der Waals surface area contributed by atoms with Gasteiger partial charge in [-0.3, -0.25) is 14.4 Å². The quantitative estimate of drug-likeness (QED) is 0.742. The molecule has 0 unspecified atom stereocenters. The molecule has 146 valence electrons. The van der Waals surface area contributed by atoms with Crippen LogP contribution < -0.4 is 5.32 Å². The van der Waals surface area contributed by atoms with Gasteiger partial charge in [0.05, 0.1) is 30.7 Å². The molecule has 9 heteroatoms. The average molecular weight is 384 g/mol. The van der Waals surface area contributed by atoms with Crippen LogP contribution in [-0.2, 0) is 34.5 Å². The fourth-order valence-corrected chi connectivity index (χ4v) is 4.86. The fraction of sp³-hybridized carbons (Fsp3) is 0.765. The van der Waals surface area contributed by atoms with Crippen molar-refractivity contribution in [3.63, 3.8) is 0 Å². The highest BCUT2D eigenvalue weighted by Crippen LogP contribution is 2.20. The first-order chi connectivity index (χ1) is 12.4. The zero-order valence-electron chi connectivity index (χ0n) is 15.6. The minimum atomic E-state index is -3.35. The van der Waals surface area contributed by atoms with E-state index in [2.05, 4.69) is 22.2 Å². The molecule has 1 amide bonds. The number of nitrogens with one attached hydrogen (secondary N) is 1. The van der Waals surface area contributed by atoms with Gasteiger partial charge < -0.3 is 5.32 Å². The maximum Gasteiger partial charge on any atom is 0.238 e. The van der Waals surface area contributed by atoms with Gasteiger partial charge in [-0.1, -0.05) is 13.3 Å². The summed E-state index contributed by atoms with van der Waals surface area (Å²) >= 11 is 0. The predicted octanol–water partition coefficient (Wildman–Crippen LogP) is 0.539. The van der Waals surface area contributed by atoms with Gasteiger partial charge in [-0.05, 0) is 31.9 Å². The molecule has 1 N–H and O–H groups in total. The van der Waals surface area contributed by atoms with Crippen molar-refractivity contribution < 1.29 is 13.2 Å². The summed E-state index contributed by atoms with van der Waals surface area (Å²) in [7, 11) is -3.35. The van der Waals surface area contributed by atoms with E-state index in [9.17, 15) is 13.2 Å². The van der Waals surface area contributed by atoms with Crippen molar-refractivity contribution in [3.8, 4) is 0 Å². The second kappa shape index (κ2) is 8.06. The summed E-state index contributed by atoms with van der Waals surface area (Å²) in [6.45, 7) is 6.83. The van der Waals surface area contributed by atoms with Crippen molar-refractivity contribution in [1.82, 2.24) is 24.3 Å². The van der Waals surface area contributed by atoms with Crippen molar-refractivity contribution in [1.29, 1.82) is 0 Å². The number of carbonyl (C=O) groups excluding carboxylic acids is 1. The lowest BCUT2D eigenvalue weighted by Gasteiger charge is -2.27. The van der Waals surface area contributed by atoms with Gasteiger partial charge in [0.15, 0.2) is 0 Å². The molecule has 0 aliphatic carbocycles. The fourth-order valence-electron chi connectivity index (χ4n) is 3.73. The Balaban J connectivity index is 1.56. The number of hydrogen-bond donors (Lipinski definition) is 1. The van der Waals surface area contributed by atoms with E-state index >= 15 is 0 Å². The van der Waals surface area contributed by atoms with Crippen LogP contribution in [0.1, 0.15) is 44.0 Å². The molecule has 1 atom stereocenters. The lowest BCUT2D eigenvalue weighted by molar-refractivity contribution is -0.124. The monoisotopic (exact) mass is 383 g/mol. The molecule has 2 aliphatic rings. The van der Waals surface area contributed by atoms with E-state index in [0.29, 0.717) is 19.5 Å². The minimum Gasteiger partial charge on any atom is -0.349 e. The van der Waals surface area contributed by atoms with E-state index in [0.717, 1.165) is 44.5 Å². The Morgan fingerprint density at radius 1 is 1.35 bits per heavy atom. The Morgan fingerprint density at radius 2 is 2.15 bits per heavy atom. The molecule has 1 aromatic heterocycles. The first-order valence-corrected chi connectivity index (χ1v) is 11.3. The molecule has 3 heterocycles. The van der Waals surface area contributed by atoms with Crippen molar-refractivity contribution in [2.24, 2.45) is 0 Å². The molecular formula is C17H29N5O3S. The van der Waals surface area contributed by atoms with Crippen LogP contribution in [-0.4, -0.2) is 65.2 Å². The number of fused-ring (bicyclic) bond motifs is 1. The third-order valence-electron chi connectivity index (χ3n) is 5.13. The van der Waals surface area contributed by atoms with Crippen LogP contribution in [0, 0.1) is 0 Å². The summed E-state index contributed by atoms with van der Waals surface area (Å²) in [5.74, 6) is -0.233. The van der Waals surface area contributed by atoms with Crippen LogP contribution in [0.4, 0.5) is 0 Å². The molecule has 8 nitrogen and oxygen atoms in total. The Bertz CT molecular complexity index is 746. The van der Waals surface area contributed by atoms with Crippen LogP contribution in [0.3, 0.4) is 0 Å². The molecule has 1 aromatic rings. The van der Waals surface area contributed by atoms with Crippen LogP contribution >= 0.6 is 0 Å². The van der Waals surface area contributed by atoms with Gasteiger partial charge in [0.25, 0.3) is 0 Å². The lowest BCUT2D eigenvalue weighted by atomic mass is 10.2. The van der Waals surface area contributed by atoms with Gasteiger partial charge in [-0.25, -0.2) is 8.42 Å². The van der Waals surface area contributed by atoms with Crippen molar-refractivity contribution in [3.05, 3.63) is 17.5 Å². The number of rotatable bonds is 7. The molecule has 0 radical (unpaired) electrons. The molecule has 2 aliphatic heterocycles. The summed E-state index contributed by atoms with van der Waals surface area (Å²) in [6.07, 6.45) is 4.85. The summed E-state index contributed by atoms with van der Waals surface area (Å²) in [6, 6.07) is 1.45. The van der Waals surface area contributed by atoms with Crippen molar-refractivity contribution >= 4 is 15.9 Å². The third kappa shape index (κ3) is 4.44. The number of amides is 1. The summed E-state index contributed by atoms with van der Waals surface area (Å²) in [5, 5.41) is 7.44. The molecule has 1 fully saturated rings. The number of unbranched alkanes of at least 4 members (excludes halogenated alkanes) is 1. The van der Waals surface area contributed by atoms with E-state index < -0.39 is 16.1 Å². The molecular weight excluding hydrogens is 354 g/mol. The van der Waals surface area contributed by atoms with Crippen molar-refractivity contribution in [2.45, 2.75) is 58.3 Å². The first kappa shape index (κ1) is 19.3. The van der Waals surface area contributed by atoms with E-state index in [1.165, 1.54) is 22.8 Å². The maximum absolute atomic E-state index is 12.4. The van der Waals surface area contributed by atoms with E-state index in [1.54, 1.807) is 0 Å². The molecule has 0 aromatic carbocycles. The summed E-state index contributed by atoms with van der Waals surface area (Å²) in [5.41, 5.74) is 2.00. The second-order valence-electron chi connectivity index (χ2n) is 7.23. The van der Waals surface area contributed by atoms with Gasteiger partial charge in [-0.15, -0.1) is 0 Å². The largest absolute Gasteiger partial charge is 0.349 e. The highest BCUT2D eigenvalue weighted by atomic mass is 32.2. The topological polar surface area (TPSA) is 87.5 Å². The number of aromatic nitrogens is 2. The number of sulfonamides is 1. The maximum atomic E-state index is 12.4. The highest BCUT2D eigenvalue weighted by Gasteiger charge is 2.36. The first-order valence-electron chi connectivity index (χ1n) is 9.41. The zero-order chi connectivity index (χ0) is 18.7. The Labute approximate surface area is 155 Å². The molecule has 1 saturated heterocycles. The van der Waals surface area contributed by atoms with Gasteiger partial charge >= 0.3 is 0 Å². The van der Waals surface area contributed by atoms with Crippen LogP contribution in [0.15, 0.2) is 6.07 Å². The molecule has 0 saturated carbocycles. The normalized spacial score (nSPS) is 21.7. The van der Waals surface area contributed by atoms with Gasteiger partial charge in [-0.2, -0.15) is 9.40 Å². The standard InChI is InChI=1S/C17H29N5O3S/c1-3-4-7-20-9-10-21-15(13-20)11-14(19-21)12-18-17(23)16-6-5-8-22(16)26(2,24)25/h11,16H,3-10,12-13H2,1-2H3,(H,18,23)/t16-/m0/s1. The van der Waals surface area contributed by atoms with Crippen LogP contribution in [0.2, 0.25) is 0 Å². The van der Waals surface area contributed by atoms with Crippen molar-refractivity contribution in [2.75, 3.05) is 25.9 Å². The summed E-state index contributed by atoms with van der Waals surface area (Å²) in [4.78, 5) is 14.9. The van der Waals surface area contributed by atoms with E-state index in [4.69, 9.17) is 0 Å². The molecule has 0 bridgehead atoms. The lowest BCUT2D eigenvalue weighted by Crippen LogP contribution is -2.45. The van der Waals surface area contributed by atoms with E-state index in [1.807, 2.05) is 10.7 Å². The van der Waals surface area contributed by atoms with Gasteiger partial charge in [0, 0.05) is 19.6 Å². The number of carbonyl (C=O) groups is 1. The number of nitrogens with zero attached hydrogens (tertiary/aromatic N) is 4. The smallest absolute Gasteiger partial charge is 0.238 e. The average Bonchev–Trinajstić information content (AvgIpc) is 3.23. The highest BCUT2D eigenvalue weighted by molar-refractivity contribution is 7.88. The Hall–Kier alpha value is -1.45. The summed E-state index contributed by atoms with van der Waals surface area (Å²) < 4.78 is 26.9. The Morgan fingerprint density at radius 3 is 2.88 bits per heavy atom. The minimum absolute atomic E-state index is 0.233. The molecule has 3 rings (SSSR count). The molecule has 0 spiro atoms. The van der Waals surface area contributed by atoms with Gasteiger partial charge in [0.2, 0.25) is 15.9 Å². The number of hydrogen-bond acceptors (Lipinski definition) is 5. The van der Waals surface area contributed by atoms with Crippen LogP contribution in [0.25, 0.3) is 0 Å².